The van der Waals surface area contributed by atoms with Crippen LogP contribution in [0.1, 0.15) is 24.5 Å². The van der Waals surface area contributed by atoms with Gasteiger partial charge in [0.25, 0.3) is 0 Å². The van der Waals surface area contributed by atoms with Gasteiger partial charge in [-0.05, 0) is 48.9 Å². The van der Waals surface area contributed by atoms with Crippen LogP contribution >= 0.6 is 0 Å². The maximum Gasteiger partial charge on any atom is 0.166 e. The third-order valence-corrected chi connectivity index (χ3v) is 2.66. The van der Waals surface area contributed by atoms with Crippen molar-refractivity contribution in [2.24, 2.45) is 0 Å². The van der Waals surface area contributed by atoms with Crippen molar-refractivity contribution in [1.29, 1.82) is 0 Å². The van der Waals surface area contributed by atoms with E-state index < -0.39 is 0 Å². The number of nitrogen functional groups attached to an aromatic ring is 1. The molecule has 0 amide bonds. The zero-order chi connectivity index (χ0) is 14.4. The van der Waals surface area contributed by atoms with Gasteiger partial charge in [0, 0.05) is 16.8 Å². The van der Waals surface area contributed by atoms with E-state index in [1.165, 1.54) is 6.07 Å². The maximum absolute atomic E-state index is 13.7. The molecule has 0 saturated heterocycles. The summed E-state index contributed by atoms with van der Waals surface area (Å²) in [7, 11) is 0. The molecule has 0 aliphatic carbocycles. The Balaban J connectivity index is 2.14. The highest BCUT2D eigenvalue weighted by molar-refractivity contribution is 5.48. The molecule has 0 unspecified atom stereocenters. The molecule has 102 valence electrons. The molecular weight excluding hydrogens is 253 g/mol. The normalized spacial score (nSPS) is 9.70. The molecule has 0 atom stereocenters. The molecule has 0 bridgehead atoms. The molecule has 2 aromatic rings. The Hall–Kier alpha value is -2.47. The van der Waals surface area contributed by atoms with Crippen LogP contribution in [-0.4, -0.2) is 6.61 Å². The summed E-state index contributed by atoms with van der Waals surface area (Å²) in [5.74, 6) is 5.77. The van der Waals surface area contributed by atoms with E-state index in [2.05, 4.69) is 11.8 Å². The van der Waals surface area contributed by atoms with E-state index in [0.717, 1.165) is 12.0 Å². The Morgan fingerprint density at radius 2 is 1.70 bits per heavy atom. The van der Waals surface area contributed by atoms with E-state index in [-0.39, 0.29) is 11.6 Å². The van der Waals surface area contributed by atoms with Crippen LogP contribution in [-0.2, 0) is 0 Å². The largest absolute Gasteiger partial charge is 0.491 e. The molecule has 2 rings (SSSR count). The third kappa shape index (κ3) is 3.76. The molecule has 2 N–H and O–H groups in total. The van der Waals surface area contributed by atoms with E-state index in [4.69, 9.17) is 10.5 Å². The molecule has 20 heavy (non-hydrogen) atoms. The van der Waals surface area contributed by atoms with Crippen molar-refractivity contribution in [3.8, 4) is 17.6 Å². The van der Waals surface area contributed by atoms with Crippen molar-refractivity contribution >= 4 is 5.69 Å². The van der Waals surface area contributed by atoms with Gasteiger partial charge in [-0.1, -0.05) is 18.8 Å². The number of benzene rings is 2. The van der Waals surface area contributed by atoms with Crippen LogP contribution in [0.2, 0.25) is 0 Å². The van der Waals surface area contributed by atoms with Crippen LogP contribution in [0.15, 0.2) is 42.5 Å². The fraction of sp³-hybridized carbons (Fsp3) is 0.176. The first-order valence-corrected chi connectivity index (χ1v) is 6.49. The van der Waals surface area contributed by atoms with E-state index in [1.54, 1.807) is 24.3 Å². The van der Waals surface area contributed by atoms with Gasteiger partial charge in [0.1, 0.15) is 0 Å². The molecule has 0 aliphatic heterocycles. The number of rotatable bonds is 3. The predicted molar refractivity (Wildman–Crippen MR) is 79.0 cm³/mol. The standard InChI is InChI=1S/C17H16FNO/c1-2-11-20-17-10-7-14(12-16(17)18)4-3-13-5-8-15(19)9-6-13/h5-10,12H,2,11,19H2,1H3. The van der Waals surface area contributed by atoms with Crippen molar-refractivity contribution in [2.45, 2.75) is 13.3 Å². The summed E-state index contributed by atoms with van der Waals surface area (Å²) >= 11 is 0. The summed E-state index contributed by atoms with van der Waals surface area (Å²) in [4.78, 5) is 0. The number of halogens is 1. The molecule has 0 heterocycles. The van der Waals surface area contributed by atoms with Crippen molar-refractivity contribution in [2.75, 3.05) is 12.3 Å². The topological polar surface area (TPSA) is 35.2 Å². The van der Waals surface area contributed by atoms with E-state index in [0.29, 0.717) is 17.9 Å². The van der Waals surface area contributed by atoms with Crippen LogP contribution in [0.4, 0.5) is 10.1 Å². The Labute approximate surface area is 118 Å². The van der Waals surface area contributed by atoms with Gasteiger partial charge in [-0.2, -0.15) is 0 Å². The first kappa shape index (κ1) is 14.0. The third-order valence-electron chi connectivity index (χ3n) is 2.66. The summed E-state index contributed by atoms with van der Waals surface area (Å²) in [6.07, 6.45) is 0.845. The fourth-order valence-electron chi connectivity index (χ4n) is 1.62. The summed E-state index contributed by atoms with van der Waals surface area (Å²) in [6.45, 7) is 2.48. The highest BCUT2D eigenvalue weighted by Gasteiger charge is 2.03. The van der Waals surface area contributed by atoms with E-state index in [9.17, 15) is 4.39 Å². The van der Waals surface area contributed by atoms with Crippen molar-refractivity contribution in [1.82, 2.24) is 0 Å². The van der Waals surface area contributed by atoms with Crippen molar-refractivity contribution in [3.05, 3.63) is 59.4 Å². The van der Waals surface area contributed by atoms with Crippen LogP contribution in [0, 0.1) is 17.7 Å². The fourth-order valence-corrected chi connectivity index (χ4v) is 1.62. The molecule has 0 spiro atoms. The number of hydrogen-bond acceptors (Lipinski definition) is 2. The van der Waals surface area contributed by atoms with Crippen molar-refractivity contribution in [3.63, 3.8) is 0 Å². The summed E-state index contributed by atoms with van der Waals surface area (Å²) in [5, 5.41) is 0. The molecule has 2 aromatic carbocycles. The van der Waals surface area contributed by atoms with E-state index >= 15 is 0 Å². The van der Waals surface area contributed by atoms with Crippen LogP contribution in [0.25, 0.3) is 0 Å². The van der Waals surface area contributed by atoms with E-state index in [1.807, 2.05) is 19.1 Å². The molecule has 0 aliphatic rings. The molecular formula is C17H16FNO. The minimum Gasteiger partial charge on any atom is -0.491 e. The molecule has 0 aromatic heterocycles. The monoisotopic (exact) mass is 269 g/mol. The average Bonchev–Trinajstić information content (AvgIpc) is 2.46. The highest BCUT2D eigenvalue weighted by Crippen LogP contribution is 2.18. The van der Waals surface area contributed by atoms with Crippen LogP contribution in [0.5, 0.6) is 5.75 Å². The van der Waals surface area contributed by atoms with Gasteiger partial charge in [0.2, 0.25) is 0 Å². The van der Waals surface area contributed by atoms with Gasteiger partial charge in [-0.25, -0.2) is 4.39 Å². The minimum atomic E-state index is -0.387. The highest BCUT2D eigenvalue weighted by atomic mass is 19.1. The predicted octanol–water partition coefficient (Wildman–Crippen LogP) is 3.60. The maximum atomic E-state index is 13.7. The molecule has 0 radical (unpaired) electrons. The number of ether oxygens (including phenoxy) is 1. The Bertz CT molecular complexity index is 638. The summed E-state index contributed by atoms with van der Waals surface area (Å²) < 4.78 is 19.0. The summed E-state index contributed by atoms with van der Waals surface area (Å²) in [6, 6.07) is 12.0. The van der Waals surface area contributed by atoms with Gasteiger partial charge in [-0.15, -0.1) is 0 Å². The SMILES string of the molecule is CCCOc1ccc(C#Cc2ccc(N)cc2)cc1F. The first-order chi connectivity index (χ1) is 9.69. The zero-order valence-electron chi connectivity index (χ0n) is 11.3. The van der Waals surface area contributed by atoms with Crippen molar-refractivity contribution < 1.29 is 9.13 Å². The lowest BCUT2D eigenvalue weighted by Crippen LogP contribution is -1.97. The second-order valence-electron chi connectivity index (χ2n) is 4.37. The van der Waals surface area contributed by atoms with Gasteiger partial charge in [-0.3, -0.25) is 0 Å². The second-order valence-corrected chi connectivity index (χ2v) is 4.37. The van der Waals surface area contributed by atoms with Gasteiger partial charge >= 0.3 is 0 Å². The number of nitrogens with two attached hydrogens (primary N) is 1. The van der Waals surface area contributed by atoms with Gasteiger partial charge in [0.15, 0.2) is 11.6 Å². The average molecular weight is 269 g/mol. The Morgan fingerprint density at radius 1 is 1.05 bits per heavy atom. The lowest BCUT2D eigenvalue weighted by atomic mass is 10.1. The minimum absolute atomic E-state index is 0.268. The molecule has 0 fully saturated rings. The smallest absolute Gasteiger partial charge is 0.166 e. The second kappa shape index (κ2) is 6.63. The van der Waals surface area contributed by atoms with Crippen LogP contribution in [0.3, 0.4) is 0 Å². The molecule has 0 saturated carbocycles. The number of hydrogen-bond donors (Lipinski definition) is 1. The van der Waals surface area contributed by atoms with Gasteiger partial charge < -0.3 is 10.5 Å². The lowest BCUT2D eigenvalue weighted by molar-refractivity contribution is 0.301. The van der Waals surface area contributed by atoms with Crippen LogP contribution < -0.4 is 10.5 Å². The van der Waals surface area contributed by atoms with Gasteiger partial charge in [0.05, 0.1) is 6.61 Å². The number of anilines is 1. The molecule has 2 nitrogen and oxygen atoms in total. The summed E-state index contributed by atoms with van der Waals surface area (Å²) in [5.41, 5.74) is 7.75. The Morgan fingerprint density at radius 3 is 2.35 bits per heavy atom. The lowest BCUT2D eigenvalue weighted by Gasteiger charge is -2.05. The quantitative estimate of drug-likeness (QED) is 0.682. The molecule has 3 heteroatoms. The Kier molecular flexibility index (Phi) is 4.62. The zero-order valence-corrected chi connectivity index (χ0v) is 11.3. The first-order valence-electron chi connectivity index (χ1n) is 6.49.